The van der Waals surface area contributed by atoms with E-state index in [4.69, 9.17) is 0 Å². The van der Waals surface area contributed by atoms with Crippen molar-refractivity contribution in [2.45, 2.75) is 56.4 Å². The minimum Gasteiger partial charge on any atom is -0.273 e. The highest BCUT2D eigenvalue weighted by atomic mass is 32.2. The Hall–Kier alpha value is -1.45. The molecule has 0 atom stereocenters. The van der Waals surface area contributed by atoms with Gasteiger partial charge in [0.1, 0.15) is 0 Å². The van der Waals surface area contributed by atoms with Gasteiger partial charge in [0, 0.05) is 12.5 Å². The second kappa shape index (κ2) is 6.69. The van der Waals surface area contributed by atoms with E-state index in [1.807, 2.05) is 0 Å². The molecule has 1 amide bonds. The van der Waals surface area contributed by atoms with Gasteiger partial charge in [0.2, 0.25) is 26.0 Å². The highest BCUT2D eigenvalue weighted by Crippen LogP contribution is 2.29. The lowest BCUT2D eigenvalue weighted by molar-refractivity contribution is -0.116. The maximum absolute atomic E-state index is 12.6. The van der Waals surface area contributed by atoms with Crippen LogP contribution in [0.1, 0.15) is 44.1 Å². The number of aryl methyl sites for hydroxylation is 1. The third-order valence-corrected chi connectivity index (χ3v) is 8.06. The Morgan fingerprint density at radius 1 is 1.16 bits per heavy atom. The Morgan fingerprint density at radius 3 is 2.40 bits per heavy atom. The van der Waals surface area contributed by atoms with Gasteiger partial charge in [-0.1, -0.05) is 19.3 Å². The van der Waals surface area contributed by atoms with Crippen molar-refractivity contribution in [1.29, 1.82) is 0 Å². The molecule has 0 bridgehead atoms. The lowest BCUT2D eigenvalue weighted by atomic mass is 9.96. The molecule has 0 unspecified atom stereocenters. The summed E-state index contributed by atoms with van der Waals surface area (Å²) in [6.45, 7) is 1.60. The van der Waals surface area contributed by atoms with Crippen molar-refractivity contribution in [3.8, 4) is 0 Å². The fraction of sp³-hybridized carbons (Fsp3) is 0.562. The number of anilines is 1. The molecular formula is C16H22N2O5S2. The van der Waals surface area contributed by atoms with E-state index in [1.165, 1.54) is 18.2 Å². The Kier molecular flexibility index (Phi) is 4.91. The van der Waals surface area contributed by atoms with Crippen LogP contribution >= 0.6 is 0 Å². The van der Waals surface area contributed by atoms with Crippen LogP contribution in [0.15, 0.2) is 23.1 Å². The molecule has 1 aromatic rings. The van der Waals surface area contributed by atoms with Crippen LogP contribution < -0.4 is 9.03 Å². The molecule has 1 aliphatic carbocycles. The zero-order valence-corrected chi connectivity index (χ0v) is 15.7. The molecule has 3 rings (SSSR count). The number of carbonyl (C=O) groups excluding carboxylic acids is 1. The third-order valence-electron chi connectivity index (χ3n) is 4.69. The Bertz CT molecular complexity index is 887. The van der Waals surface area contributed by atoms with Crippen LogP contribution in [0.3, 0.4) is 0 Å². The first-order chi connectivity index (χ1) is 11.7. The molecule has 2 fully saturated rings. The van der Waals surface area contributed by atoms with Crippen molar-refractivity contribution in [3.63, 3.8) is 0 Å². The number of hydrogen-bond acceptors (Lipinski definition) is 5. The van der Waals surface area contributed by atoms with E-state index in [2.05, 4.69) is 4.72 Å². The monoisotopic (exact) mass is 386 g/mol. The molecule has 138 valence electrons. The predicted octanol–water partition coefficient (Wildman–Crippen LogP) is 1.67. The van der Waals surface area contributed by atoms with Crippen LogP contribution in [-0.2, 0) is 24.8 Å². The molecule has 0 aromatic heterocycles. The molecule has 1 aliphatic heterocycles. The standard InChI is InChI=1S/C16H22N2O5S2/c1-12-11-14(18-16(19)9-10-24(18,20)21)7-8-15(12)25(22,23)17-13-5-3-2-4-6-13/h7-8,11,13,17H,2-6,9-10H2,1H3. The fourth-order valence-corrected chi connectivity index (χ4v) is 6.42. The molecule has 25 heavy (non-hydrogen) atoms. The van der Waals surface area contributed by atoms with E-state index in [9.17, 15) is 21.6 Å². The van der Waals surface area contributed by atoms with Crippen LogP contribution in [0.5, 0.6) is 0 Å². The molecule has 7 nitrogen and oxygen atoms in total. The molecule has 2 aliphatic rings. The first-order valence-corrected chi connectivity index (χ1v) is 11.5. The molecular weight excluding hydrogens is 364 g/mol. The van der Waals surface area contributed by atoms with Crippen LogP contribution in [-0.4, -0.2) is 34.5 Å². The second-order valence-electron chi connectivity index (χ2n) is 6.63. The Labute approximate surface area is 148 Å². The number of carbonyl (C=O) groups is 1. The van der Waals surface area contributed by atoms with Gasteiger partial charge < -0.3 is 0 Å². The Balaban J connectivity index is 1.88. The van der Waals surface area contributed by atoms with Gasteiger partial charge in [0.25, 0.3) is 0 Å². The van der Waals surface area contributed by atoms with Crippen molar-refractivity contribution in [1.82, 2.24) is 4.72 Å². The summed E-state index contributed by atoms with van der Waals surface area (Å²) in [7, 11) is -7.33. The summed E-state index contributed by atoms with van der Waals surface area (Å²) in [4.78, 5) is 12.0. The van der Waals surface area contributed by atoms with Crippen LogP contribution in [0.2, 0.25) is 0 Å². The van der Waals surface area contributed by atoms with Crippen molar-refractivity contribution >= 4 is 31.6 Å². The number of rotatable bonds is 4. The molecule has 1 heterocycles. The fourth-order valence-electron chi connectivity index (χ4n) is 3.43. The summed E-state index contributed by atoms with van der Waals surface area (Å²) < 4.78 is 52.8. The summed E-state index contributed by atoms with van der Waals surface area (Å²) in [6.07, 6.45) is 4.77. The number of sulfonamides is 2. The largest absolute Gasteiger partial charge is 0.273 e. The summed E-state index contributed by atoms with van der Waals surface area (Å²) >= 11 is 0. The lowest BCUT2D eigenvalue weighted by Gasteiger charge is -2.23. The molecule has 0 radical (unpaired) electrons. The zero-order valence-electron chi connectivity index (χ0n) is 14.1. The quantitative estimate of drug-likeness (QED) is 0.848. The molecule has 0 spiro atoms. The van der Waals surface area contributed by atoms with E-state index in [1.54, 1.807) is 6.92 Å². The van der Waals surface area contributed by atoms with E-state index in [0.717, 1.165) is 36.4 Å². The van der Waals surface area contributed by atoms with Gasteiger partial charge in [-0.25, -0.2) is 25.9 Å². The highest BCUT2D eigenvalue weighted by molar-refractivity contribution is 7.94. The van der Waals surface area contributed by atoms with Crippen molar-refractivity contribution in [2.75, 3.05) is 10.1 Å². The smallest absolute Gasteiger partial charge is 0.242 e. The lowest BCUT2D eigenvalue weighted by Crippen LogP contribution is -2.36. The topological polar surface area (TPSA) is 101 Å². The average molecular weight is 386 g/mol. The summed E-state index contributed by atoms with van der Waals surface area (Å²) in [6, 6.07) is 4.13. The third kappa shape index (κ3) is 3.73. The number of hydrogen-bond donors (Lipinski definition) is 1. The van der Waals surface area contributed by atoms with E-state index < -0.39 is 26.0 Å². The zero-order chi connectivity index (χ0) is 18.2. The summed E-state index contributed by atoms with van der Waals surface area (Å²) in [5.74, 6) is -0.705. The van der Waals surface area contributed by atoms with Gasteiger partial charge in [-0.15, -0.1) is 0 Å². The van der Waals surface area contributed by atoms with E-state index >= 15 is 0 Å². The van der Waals surface area contributed by atoms with Crippen LogP contribution in [0, 0.1) is 6.92 Å². The number of benzene rings is 1. The molecule has 1 aromatic carbocycles. The Morgan fingerprint density at radius 2 is 1.84 bits per heavy atom. The molecule has 1 saturated carbocycles. The average Bonchev–Trinajstić information content (AvgIpc) is 2.80. The maximum Gasteiger partial charge on any atom is 0.242 e. The predicted molar refractivity (Wildman–Crippen MR) is 94.3 cm³/mol. The number of amides is 1. The van der Waals surface area contributed by atoms with Crippen LogP contribution in [0.4, 0.5) is 5.69 Å². The van der Waals surface area contributed by atoms with Gasteiger partial charge in [0.15, 0.2) is 0 Å². The summed E-state index contributed by atoms with van der Waals surface area (Å²) in [5, 5.41) is 0. The number of nitrogens with zero attached hydrogens (tertiary/aromatic N) is 1. The van der Waals surface area contributed by atoms with E-state index in [-0.39, 0.29) is 28.8 Å². The minimum atomic E-state index is -3.68. The normalized spacial score (nSPS) is 21.6. The van der Waals surface area contributed by atoms with Gasteiger partial charge in [0.05, 0.1) is 16.3 Å². The minimum absolute atomic E-state index is 0.0509. The molecule has 1 N–H and O–H groups in total. The highest BCUT2D eigenvalue weighted by Gasteiger charge is 2.36. The maximum atomic E-state index is 12.6. The molecule has 1 saturated heterocycles. The van der Waals surface area contributed by atoms with Crippen LogP contribution in [0.25, 0.3) is 0 Å². The molecule has 9 heteroatoms. The van der Waals surface area contributed by atoms with Crippen molar-refractivity contribution in [3.05, 3.63) is 23.8 Å². The summed E-state index contributed by atoms with van der Waals surface area (Å²) in [5.41, 5.74) is 0.604. The van der Waals surface area contributed by atoms with E-state index in [0.29, 0.717) is 5.56 Å². The first-order valence-electron chi connectivity index (χ1n) is 8.39. The van der Waals surface area contributed by atoms with Gasteiger partial charge in [-0.3, -0.25) is 4.79 Å². The van der Waals surface area contributed by atoms with Gasteiger partial charge in [-0.05, 0) is 43.5 Å². The van der Waals surface area contributed by atoms with Gasteiger partial charge in [-0.2, -0.15) is 0 Å². The van der Waals surface area contributed by atoms with Crippen molar-refractivity contribution in [2.24, 2.45) is 0 Å². The van der Waals surface area contributed by atoms with Crippen molar-refractivity contribution < 1.29 is 21.6 Å². The second-order valence-corrected chi connectivity index (χ2v) is 10.2. The van der Waals surface area contributed by atoms with Gasteiger partial charge >= 0.3 is 0 Å². The first kappa shape index (κ1) is 18.3. The number of nitrogens with one attached hydrogen (secondary N) is 1. The SMILES string of the molecule is Cc1cc(N2C(=O)CCS2(=O)=O)ccc1S(=O)(=O)NC1CCCCC1.